The molecule has 46 heavy (non-hydrogen) atoms. The number of amides is 3. The Balaban J connectivity index is 1.11. The third-order valence-electron chi connectivity index (χ3n) is 15.4. The van der Waals surface area contributed by atoms with E-state index in [0.29, 0.717) is 61.3 Å². The van der Waals surface area contributed by atoms with Crippen molar-refractivity contribution in [3.8, 4) is 0 Å². The lowest BCUT2D eigenvalue weighted by Crippen LogP contribution is -2.68. The van der Waals surface area contributed by atoms with Crippen molar-refractivity contribution in [2.24, 2.45) is 45.8 Å². The summed E-state index contributed by atoms with van der Waals surface area (Å²) in [5, 5.41) is 13.1. The molecule has 0 aromatic heterocycles. The molecule has 5 aliphatic carbocycles. The number of hydrogen-bond acceptors (Lipinski definition) is 3. The van der Waals surface area contributed by atoms with Gasteiger partial charge in [-0.15, -0.1) is 0 Å². The number of carbonyl (C=O) groups excluding carboxylic acids is 2. The highest BCUT2D eigenvalue weighted by Crippen LogP contribution is 2.75. The van der Waals surface area contributed by atoms with Gasteiger partial charge in [0.05, 0.1) is 5.56 Å². The molecule has 0 bridgehead atoms. The second-order valence-corrected chi connectivity index (χ2v) is 16.8. The van der Waals surface area contributed by atoms with Crippen molar-refractivity contribution in [1.82, 2.24) is 15.1 Å². The quantitative estimate of drug-likeness (QED) is 0.363. The lowest BCUT2D eigenvalue weighted by atomic mass is 9.34. The van der Waals surface area contributed by atoms with E-state index in [-0.39, 0.29) is 33.7 Å². The zero-order valence-electron chi connectivity index (χ0n) is 28.7. The maximum absolute atomic E-state index is 13.7. The molecule has 8 unspecified atom stereocenters. The van der Waals surface area contributed by atoms with Gasteiger partial charge in [0.15, 0.2) is 0 Å². The zero-order chi connectivity index (χ0) is 32.6. The fourth-order valence-corrected chi connectivity index (χ4v) is 12.7. The van der Waals surface area contributed by atoms with Crippen LogP contribution in [0.25, 0.3) is 5.57 Å². The number of nitrogens with one attached hydrogen (secondary N) is 1. The van der Waals surface area contributed by atoms with Crippen LogP contribution in [0.1, 0.15) is 115 Å². The predicted octanol–water partition coefficient (Wildman–Crippen LogP) is 7.47. The van der Waals surface area contributed by atoms with Gasteiger partial charge in [0.2, 0.25) is 5.91 Å². The Bertz CT molecular complexity index is 1430. The maximum Gasteiger partial charge on any atom is 0.335 e. The van der Waals surface area contributed by atoms with Crippen molar-refractivity contribution >= 4 is 23.5 Å². The first-order chi connectivity index (χ1) is 21.8. The Labute approximate surface area is 275 Å². The van der Waals surface area contributed by atoms with E-state index in [2.05, 4.69) is 39.1 Å². The second-order valence-electron chi connectivity index (χ2n) is 16.8. The lowest BCUT2D eigenvalue weighted by molar-refractivity contribution is -0.210. The number of carboxylic acids is 1. The fraction of sp³-hybridized carbons (Fsp3) is 0.718. The first-order valence-corrected chi connectivity index (χ1v) is 18.2. The van der Waals surface area contributed by atoms with Gasteiger partial charge in [-0.05, 0) is 127 Å². The molecule has 0 spiro atoms. The maximum atomic E-state index is 13.7. The molecule has 6 aliphatic rings. The fourth-order valence-electron chi connectivity index (χ4n) is 12.7. The van der Waals surface area contributed by atoms with E-state index in [1.165, 1.54) is 56.1 Å². The van der Waals surface area contributed by atoms with Crippen LogP contribution in [-0.2, 0) is 4.79 Å². The van der Waals surface area contributed by atoms with Gasteiger partial charge in [0.1, 0.15) is 0 Å². The number of allylic oxidation sites excluding steroid dienone is 2. The van der Waals surface area contributed by atoms with Gasteiger partial charge in [0, 0.05) is 38.6 Å². The van der Waals surface area contributed by atoms with E-state index in [4.69, 9.17) is 0 Å². The molecule has 0 radical (unpaired) electrons. The van der Waals surface area contributed by atoms with Gasteiger partial charge in [-0.25, -0.2) is 9.59 Å². The average Bonchev–Trinajstić information content (AvgIpc) is 3.45. The SMILES string of the molecule is CC(=O)N1CCN(C(=O)NC23CCCC2C2CCC4C5(C)CC=C(c6ccc(C(=O)O)cc6)C(C)C5CCC4(C)[C@]2(C)CC3)CC1. The summed E-state index contributed by atoms with van der Waals surface area (Å²) in [6, 6.07) is 7.61. The normalized spacial score (nSPS) is 41.8. The minimum atomic E-state index is -0.871. The van der Waals surface area contributed by atoms with E-state index in [0.717, 1.165) is 19.3 Å². The van der Waals surface area contributed by atoms with Gasteiger partial charge < -0.3 is 20.2 Å². The Hall–Kier alpha value is -2.83. The van der Waals surface area contributed by atoms with Crippen LogP contribution < -0.4 is 5.32 Å². The van der Waals surface area contributed by atoms with Gasteiger partial charge in [0.25, 0.3) is 0 Å². The minimum absolute atomic E-state index is 0.0861. The summed E-state index contributed by atoms with van der Waals surface area (Å²) in [6.07, 6.45) is 14.5. The standard InChI is InChI=1S/C39H55N3O4/c1-25-29(27-8-10-28(11-9-27)34(44)45)14-17-36(3)30(25)15-18-38(5)33(36)13-12-31-32-7-6-16-39(32,20-19-37(31,38)4)40-35(46)42-23-21-41(22-24-42)26(2)43/h8-11,14,25,30-33H,6-7,12-13,15-24H2,1-5H3,(H,40,46)(H,44,45)/t25?,30?,31?,32?,33?,36?,37-,38?,39?/m1/s1. The second kappa shape index (κ2) is 11.1. The molecule has 4 saturated carbocycles. The molecule has 7 heteroatoms. The smallest absolute Gasteiger partial charge is 0.335 e. The summed E-state index contributed by atoms with van der Waals surface area (Å²) in [6.45, 7) is 14.5. The number of hydrogen-bond donors (Lipinski definition) is 2. The Morgan fingerprint density at radius 2 is 1.50 bits per heavy atom. The molecule has 3 amide bonds. The van der Waals surface area contributed by atoms with Crippen LogP contribution in [0.5, 0.6) is 0 Å². The van der Waals surface area contributed by atoms with Gasteiger partial charge in [-0.1, -0.05) is 52.3 Å². The highest BCUT2D eigenvalue weighted by molar-refractivity contribution is 5.88. The number of urea groups is 1. The van der Waals surface area contributed by atoms with Gasteiger partial charge in [-0.2, -0.15) is 0 Å². The number of piperazine rings is 1. The van der Waals surface area contributed by atoms with E-state index in [1.54, 1.807) is 19.1 Å². The number of carboxylic acid groups (broad SMARTS) is 1. The summed E-state index contributed by atoms with van der Waals surface area (Å²) >= 11 is 0. The summed E-state index contributed by atoms with van der Waals surface area (Å²) in [4.78, 5) is 40.8. The molecule has 7 nitrogen and oxygen atoms in total. The molecule has 1 aliphatic heterocycles. The van der Waals surface area contributed by atoms with Crippen LogP contribution in [-0.4, -0.2) is 64.5 Å². The molecule has 7 rings (SSSR count). The molecule has 2 N–H and O–H groups in total. The van der Waals surface area contributed by atoms with E-state index in [1.807, 2.05) is 21.9 Å². The number of benzene rings is 1. The molecule has 1 saturated heterocycles. The molecule has 1 heterocycles. The molecule has 9 atom stereocenters. The van der Waals surface area contributed by atoms with Crippen molar-refractivity contribution in [2.75, 3.05) is 26.2 Å². The van der Waals surface area contributed by atoms with Crippen molar-refractivity contribution < 1.29 is 19.5 Å². The molecule has 1 aromatic rings. The van der Waals surface area contributed by atoms with Crippen LogP contribution >= 0.6 is 0 Å². The van der Waals surface area contributed by atoms with E-state index >= 15 is 0 Å². The largest absolute Gasteiger partial charge is 0.478 e. The first-order valence-electron chi connectivity index (χ1n) is 18.2. The number of rotatable bonds is 3. The molecular weight excluding hydrogens is 574 g/mol. The van der Waals surface area contributed by atoms with Gasteiger partial charge in [-0.3, -0.25) is 4.79 Å². The Kier molecular flexibility index (Phi) is 7.68. The van der Waals surface area contributed by atoms with E-state index < -0.39 is 5.97 Å². The molecular formula is C39H55N3O4. The molecule has 1 aromatic carbocycles. The molecule has 5 fully saturated rings. The monoisotopic (exact) mass is 629 g/mol. The highest BCUT2D eigenvalue weighted by atomic mass is 16.4. The van der Waals surface area contributed by atoms with Crippen molar-refractivity contribution in [3.05, 3.63) is 41.5 Å². The summed E-state index contributed by atoms with van der Waals surface area (Å²) in [5.74, 6) is 2.16. The van der Waals surface area contributed by atoms with Crippen LogP contribution in [0, 0.1) is 45.8 Å². The number of nitrogens with zero attached hydrogens (tertiary/aromatic N) is 2. The van der Waals surface area contributed by atoms with E-state index in [9.17, 15) is 19.5 Å². The summed E-state index contributed by atoms with van der Waals surface area (Å²) < 4.78 is 0. The average molecular weight is 630 g/mol. The highest BCUT2D eigenvalue weighted by Gasteiger charge is 2.68. The van der Waals surface area contributed by atoms with Crippen molar-refractivity contribution in [2.45, 2.75) is 104 Å². The van der Waals surface area contributed by atoms with Crippen LogP contribution in [0.4, 0.5) is 4.79 Å². The predicted molar refractivity (Wildman–Crippen MR) is 180 cm³/mol. The Morgan fingerprint density at radius 3 is 2.17 bits per heavy atom. The topological polar surface area (TPSA) is 90.0 Å². The number of aromatic carboxylic acids is 1. The summed E-state index contributed by atoms with van der Waals surface area (Å²) in [7, 11) is 0. The first kappa shape index (κ1) is 31.8. The van der Waals surface area contributed by atoms with Crippen molar-refractivity contribution in [1.29, 1.82) is 0 Å². The number of fused-ring (bicyclic) bond motifs is 7. The summed E-state index contributed by atoms with van der Waals surface area (Å²) in [5.41, 5.74) is 3.63. The van der Waals surface area contributed by atoms with Crippen LogP contribution in [0.2, 0.25) is 0 Å². The third kappa shape index (κ3) is 4.60. The van der Waals surface area contributed by atoms with Crippen LogP contribution in [0.15, 0.2) is 30.3 Å². The molecule has 250 valence electrons. The van der Waals surface area contributed by atoms with Crippen molar-refractivity contribution in [3.63, 3.8) is 0 Å². The number of carbonyl (C=O) groups is 3. The lowest BCUT2D eigenvalue weighted by Gasteiger charge is -2.71. The third-order valence-corrected chi connectivity index (χ3v) is 15.4. The Morgan fingerprint density at radius 1 is 0.804 bits per heavy atom. The minimum Gasteiger partial charge on any atom is -0.478 e. The van der Waals surface area contributed by atoms with Gasteiger partial charge >= 0.3 is 12.0 Å². The zero-order valence-corrected chi connectivity index (χ0v) is 28.7. The van der Waals surface area contributed by atoms with Crippen LogP contribution in [0.3, 0.4) is 0 Å².